The number of nitrogens with zero attached hydrogens (tertiary/aromatic N) is 1. The molecule has 2 amide bonds. The van der Waals surface area contributed by atoms with Crippen molar-refractivity contribution >= 4 is 12.0 Å². The first-order chi connectivity index (χ1) is 7.88. The lowest BCUT2D eigenvalue weighted by Crippen LogP contribution is -2.49. The third kappa shape index (κ3) is 6.78. The van der Waals surface area contributed by atoms with E-state index in [0.717, 1.165) is 0 Å². The Hall–Kier alpha value is -1.30. The van der Waals surface area contributed by atoms with Crippen molar-refractivity contribution < 1.29 is 19.4 Å². The van der Waals surface area contributed by atoms with Crippen LogP contribution >= 0.6 is 0 Å². The number of carboxylic acid groups (broad SMARTS) is 1. The van der Waals surface area contributed by atoms with Gasteiger partial charge < -0.3 is 20.1 Å². The van der Waals surface area contributed by atoms with Crippen LogP contribution in [-0.4, -0.2) is 54.4 Å². The minimum atomic E-state index is -1.02. The summed E-state index contributed by atoms with van der Waals surface area (Å²) in [7, 11) is 1.60. The number of hydrogen-bond donors (Lipinski definition) is 2. The van der Waals surface area contributed by atoms with E-state index in [1.54, 1.807) is 21.0 Å². The molecule has 0 aliphatic rings. The molecule has 100 valence electrons. The van der Waals surface area contributed by atoms with Crippen molar-refractivity contribution in [2.24, 2.45) is 0 Å². The number of amides is 2. The molecule has 2 N–H and O–H groups in total. The SMILES string of the molecule is COCCC(C)NC(=O)N(CC(=O)O)C(C)C. The summed E-state index contributed by atoms with van der Waals surface area (Å²) in [4.78, 5) is 23.7. The van der Waals surface area contributed by atoms with Crippen LogP contribution in [0.2, 0.25) is 0 Å². The maximum absolute atomic E-state index is 11.8. The molecule has 0 rings (SSSR count). The number of rotatable bonds is 7. The van der Waals surface area contributed by atoms with Gasteiger partial charge in [0.25, 0.3) is 0 Å². The van der Waals surface area contributed by atoms with Gasteiger partial charge in [-0.3, -0.25) is 4.79 Å². The first-order valence-electron chi connectivity index (χ1n) is 5.66. The van der Waals surface area contributed by atoms with Gasteiger partial charge in [-0.05, 0) is 27.2 Å². The van der Waals surface area contributed by atoms with Crippen LogP contribution in [-0.2, 0) is 9.53 Å². The zero-order chi connectivity index (χ0) is 13.4. The van der Waals surface area contributed by atoms with Crippen LogP contribution < -0.4 is 5.32 Å². The molecule has 1 unspecified atom stereocenters. The van der Waals surface area contributed by atoms with Gasteiger partial charge in [-0.1, -0.05) is 0 Å². The number of carbonyl (C=O) groups excluding carboxylic acids is 1. The topological polar surface area (TPSA) is 78.9 Å². The van der Waals surface area contributed by atoms with E-state index in [1.165, 1.54) is 4.90 Å². The average Bonchev–Trinajstić information content (AvgIpc) is 2.22. The zero-order valence-corrected chi connectivity index (χ0v) is 10.9. The summed E-state index contributed by atoms with van der Waals surface area (Å²) in [6, 6.07) is -0.552. The molecule has 0 aromatic carbocycles. The lowest BCUT2D eigenvalue weighted by Gasteiger charge is -2.27. The summed E-state index contributed by atoms with van der Waals surface area (Å²) in [6.07, 6.45) is 0.696. The number of hydrogen-bond acceptors (Lipinski definition) is 3. The number of carbonyl (C=O) groups is 2. The summed E-state index contributed by atoms with van der Waals surface area (Å²) in [6.45, 7) is 5.68. The van der Waals surface area contributed by atoms with E-state index in [4.69, 9.17) is 9.84 Å². The van der Waals surface area contributed by atoms with Crippen LogP contribution in [0.1, 0.15) is 27.2 Å². The first-order valence-corrected chi connectivity index (χ1v) is 5.66. The highest BCUT2D eigenvalue weighted by molar-refractivity contribution is 5.80. The Labute approximate surface area is 102 Å². The molecule has 0 aromatic heterocycles. The Morgan fingerprint density at radius 2 is 1.94 bits per heavy atom. The van der Waals surface area contributed by atoms with Crippen molar-refractivity contribution in [2.45, 2.75) is 39.3 Å². The van der Waals surface area contributed by atoms with Crippen molar-refractivity contribution in [3.05, 3.63) is 0 Å². The maximum atomic E-state index is 11.8. The highest BCUT2D eigenvalue weighted by atomic mass is 16.5. The molecule has 17 heavy (non-hydrogen) atoms. The van der Waals surface area contributed by atoms with Crippen molar-refractivity contribution in [1.29, 1.82) is 0 Å². The minimum absolute atomic E-state index is 0.0440. The van der Waals surface area contributed by atoms with Gasteiger partial charge >= 0.3 is 12.0 Å². The molecule has 0 aliphatic heterocycles. The molecule has 0 saturated carbocycles. The Balaban J connectivity index is 4.27. The number of urea groups is 1. The van der Waals surface area contributed by atoms with E-state index in [2.05, 4.69) is 5.32 Å². The Morgan fingerprint density at radius 1 is 1.35 bits per heavy atom. The van der Waals surface area contributed by atoms with Crippen LogP contribution in [0.15, 0.2) is 0 Å². The number of aliphatic carboxylic acids is 1. The molecule has 0 saturated heterocycles. The normalized spacial score (nSPS) is 12.3. The molecule has 1 atom stereocenters. The van der Waals surface area contributed by atoms with Crippen LogP contribution in [0.3, 0.4) is 0 Å². The van der Waals surface area contributed by atoms with E-state index in [-0.39, 0.29) is 24.7 Å². The monoisotopic (exact) mass is 246 g/mol. The smallest absolute Gasteiger partial charge is 0.323 e. The Morgan fingerprint density at radius 3 is 2.35 bits per heavy atom. The van der Waals surface area contributed by atoms with Crippen LogP contribution in [0, 0.1) is 0 Å². The number of carboxylic acids is 1. The van der Waals surface area contributed by atoms with E-state index in [0.29, 0.717) is 13.0 Å². The van der Waals surface area contributed by atoms with Gasteiger partial charge in [0.05, 0.1) is 0 Å². The second-order valence-electron chi connectivity index (χ2n) is 4.25. The van der Waals surface area contributed by atoms with E-state index in [9.17, 15) is 9.59 Å². The third-order valence-electron chi connectivity index (χ3n) is 2.31. The van der Waals surface area contributed by atoms with Gasteiger partial charge in [-0.2, -0.15) is 0 Å². The van der Waals surface area contributed by atoms with Gasteiger partial charge in [0.1, 0.15) is 6.54 Å². The summed E-state index contributed by atoms with van der Waals surface area (Å²) < 4.78 is 4.91. The van der Waals surface area contributed by atoms with E-state index in [1.807, 2.05) is 6.92 Å². The highest BCUT2D eigenvalue weighted by Gasteiger charge is 2.20. The molecule has 6 nitrogen and oxygen atoms in total. The van der Waals surface area contributed by atoms with E-state index < -0.39 is 5.97 Å². The quantitative estimate of drug-likeness (QED) is 0.700. The summed E-state index contributed by atoms with van der Waals surface area (Å²) in [5, 5.41) is 11.5. The molecule has 0 fully saturated rings. The Bertz CT molecular complexity index is 256. The molecular formula is C11H22N2O4. The van der Waals surface area contributed by atoms with Gasteiger partial charge in [0.15, 0.2) is 0 Å². The first kappa shape index (κ1) is 15.7. The maximum Gasteiger partial charge on any atom is 0.323 e. The van der Waals surface area contributed by atoms with Crippen molar-refractivity contribution in [3.8, 4) is 0 Å². The van der Waals surface area contributed by atoms with Gasteiger partial charge in [0.2, 0.25) is 0 Å². The van der Waals surface area contributed by atoms with Gasteiger partial charge in [0, 0.05) is 25.8 Å². The van der Waals surface area contributed by atoms with Crippen LogP contribution in [0.5, 0.6) is 0 Å². The molecule has 0 aromatic rings. The third-order valence-corrected chi connectivity index (χ3v) is 2.31. The van der Waals surface area contributed by atoms with Gasteiger partial charge in [-0.15, -0.1) is 0 Å². The number of nitrogens with one attached hydrogen (secondary N) is 1. The highest BCUT2D eigenvalue weighted by Crippen LogP contribution is 2.00. The molecule has 0 radical (unpaired) electrons. The summed E-state index contributed by atoms with van der Waals surface area (Å²) >= 11 is 0. The fraction of sp³-hybridized carbons (Fsp3) is 0.818. The molecule has 6 heteroatoms. The Kier molecular flexibility index (Phi) is 7.29. The fourth-order valence-corrected chi connectivity index (χ4v) is 1.30. The number of methoxy groups -OCH3 is 1. The molecule has 0 heterocycles. The minimum Gasteiger partial charge on any atom is -0.480 e. The van der Waals surface area contributed by atoms with Gasteiger partial charge in [-0.25, -0.2) is 4.79 Å². The zero-order valence-electron chi connectivity index (χ0n) is 10.9. The lowest BCUT2D eigenvalue weighted by molar-refractivity contribution is -0.138. The standard InChI is InChI=1S/C11H22N2O4/c1-8(2)13(7-10(14)15)11(16)12-9(3)5-6-17-4/h8-9H,5-7H2,1-4H3,(H,12,16)(H,14,15). The second-order valence-corrected chi connectivity index (χ2v) is 4.25. The second kappa shape index (κ2) is 7.89. The lowest BCUT2D eigenvalue weighted by atomic mass is 10.2. The van der Waals surface area contributed by atoms with Crippen molar-refractivity contribution in [1.82, 2.24) is 10.2 Å². The largest absolute Gasteiger partial charge is 0.480 e. The van der Waals surface area contributed by atoms with E-state index >= 15 is 0 Å². The molecule has 0 spiro atoms. The average molecular weight is 246 g/mol. The predicted octanol–water partition coefficient (Wildman–Crippen LogP) is 0.916. The van der Waals surface area contributed by atoms with Crippen molar-refractivity contribution in [3.63, 3.8) is 0 Å². The molecular weight excluding hydrogens is 224 g/mol. The fourth-order valence-electron chi connectivity index (χ4n) is 1.30. The summed E-state index contributed by atoms with van der Waals surface area (Å²) in [5.41, 5.74) is 0. The number of ether oxygens (including phenoxy) is 1. The summed E-state index contributed by atoms with van der Waals surface area (Å²) in [5.74, 6) is -1.02. The van der Waals surface area contributed by atoms with Crippen LogP contribution in [0.25, 0.3) is 0 Å². The molecule has 0 bridgehead atoms. The predicted molar refractivity (Wildman–Crippen MR) is 64.0 cm³/mol. The molecule has 0 aliphatic carbocycles. The van der Waals surface area contributed by atoms with Crippen LogP contribution in [0.4, 0.5) is 4.79 Å². The van der Waals surface area contributed by atoms with Crippen molar-refractivity contribution in [2.75, 3.05) is 20.3 Å².